The van der Waals surface area contributed by atoms with Crippen molar-refractivity contribution in [3.63, 3.8) is 0 Å². The third-order valence-electron chi connectivity index (χ3n) is 6.37. The molecule has 14 heteroatoms. The lowest BCUT2D eigenvalue weighted by Gasteiger charge is -2.27. The Morgan fingerprint density at radius 3 is 1.93 bits per heavy atom. The van der Waals surface area contributed by atoms with Crippen LogP contribution in [0.25, 0.3) is 0 Å². The molecule has 1 atom stereocenters. The number of carbonyl (C=O) groups is 2. The molecule has 0 radical (unpaired) electrons. The number of unbranched alkanes of at least 4 members (excludes halogenated alkanes) is 2. The Hall–Kier alpha value is -3.79. The van der Waals surface area contributed by atoms with Crippen LogP contribution in [0.2, 0.25) is 0 Å². The third kappa shape index (κ3) is 8.85. The van der Waals surface area contributed by atoms with Gasteiger partial charge < -0.3 is 20.7 Å². The summed E-state index contributed by atoms with van der Waals surface area (Å²) >= 11 is 0. The first kappa shape index (κ1) is 31.7. The highest BCUT2D eigenvalue weighted by atomic mass is 32.2. The van der Waals surface area contributed by atoms with Crippen LogP contribution in [-0.4, -0.2) is 71.6 Å². The third-order valence-corrected chi connectivity index (χ3v) is 7.97. The lowest BCUT2D eigenvalue weighted by atomic mass is 9.81. The second kappa shape index (κ2) is 15.3. The summed E-state index contributed by atoms with van der Waals surface area (Å²) < 4.78 is 25.3. The van der Waals surface area contributed by atoms with E-state index in [4.69, 9.17) is 15.3 Å². The molecule has 0 aliphatic heterocycles. The van der Waals surface area contributed by atoms with Gasteiger partial charge in [0.1, 0.15) is 6.04 Å². The predicted molar refractivity (Wildman–Crippen MR) is 150 cm³/mol. The Labute approximate surface area is 238 Å². The second-order valence-electron chi connectivity index (χ2n) is 9.15. The molecular formula is C27H32BN3O9S. The van der Waals surface area contributed by atoms with E-state index in [1.165, 1.54) is 12.1 Å². The molecule has 0 heterocycles. The fraction of sp³-hybridized carbons (Fsp3) is 0.259. The summed E-state index contributed by atoms with van der Waals surface area (Å²) in [7, 11) is -5.93. The largest absolute Gasteiger partial charge is 0.488 e. The average Bonchev–Trinajstić information content (AvgIpc) is 2.99. The molecule has 3 aromatic rings. The number of amides is 2. The van der Waals surface area contributed by atoms with E-state index in [0.717, 1.165) is 23.3 Å². The zero-order chi connectivity index (χ0) is 29.8. The van der Waals surface area contributed by atoms with Crippen LogP contribution in [0.1, 0.15) is 36.3 Å². The molecule has 3 aromatic carbocycles. The first-order valence-corrected chi connectivity index (χ1v) is 14.3. The van der Waals surface area contributed by atoms with Crippen LogP contribution >= 0.6 is 0 Å². The Morgan fingerprint density at radius 2 is 1.41 bits per heavy atom. The molecule has 0 aliphatic rings. The van der Waals surface area contributed by atoms with Crippen LogP contribution in [0.15, 0.2) is 89.8 Å². The normalized spacial score (nSPS) is 12.1. The van der Waals surface area contributed by atoms with E-state index in [9.17, 15) is 23.2 Å². The van der Waals surface area contributed by atoms with Crippen molar-refractivity contribution >= 4 is 34.6 Å². The highest BCUT2D eigenvalue weighted by Gasteiger charge is 2.33. The van der Waals surface area contributed by atoms with Crippen LogP contribution < -0.4 is 16.1 Å². The number of rotatable bonds is 14. The van der Waals surface area contributed by atoms with Crippen molar-refractivity contribution < 1.29 is 43.4 Å². The molecule has 0 aliphatic carbocycles. The number of hydroxylamine groups is 1. The SMILES string of the molecule is O=C(NC(C(=O)NCCCCCN(O)S(=O)(=O)c1ccc(B(O)O)cc1)C(c1ccccc1)c1ccccc1)OO. The standard InChI is InChI=1S/C27H32BN3O9S/c32-26(25(30-27(33)40-37)24(20-10-4-1-5-11-20)21-12-6-2-7-13-21)29-18-8-3-9-19-31(36)41(38,39)23-16-14-22(15-17-23)28(34)35/h1-2,4-7,10-17,24-25,34-37H,3,8-9,18-19H2,(H,29,32)(H,30,33). The van der Waals surface area contributed by atoms with Crippen LogP contribution in [-0.2, 0) is 19.7 Å². The minimum absolute atomic E-state index is 0.111. The minimum Gasteiger partial charge on any atom is -0.423 e. The maximum absolute atomic E-state index is 13.3. The molecule has 2 amide bonds. The average molecular weight is 585 g/mol. The van der Waals surface area contributed by atoms with Gasteiger partial charge in [0.25, 0.3) is 10.0 Å². The van der Waals surface area contributed by atoms with Gasteiger partial charge in [-0.1, -0.05) is 83.7 Å². The topological polar surface area (TPSA) is 186 Å². The molecule has 1 unspecified atom stereocenters. The van der Waals surface area contributed by atoms with Gasteiger partial charge >= 0.3 is 13.2 Å². The lowest BCUT2D eigenvalue weighted by molar-refractivity contribution is -0.178. The monoisotopic (exact) mass is 585 g/mol. The summed E-state index contributed by atoms with van der Waals surface area (Å²) in [5.41, 5.74) is 1.62. The van der Waals surface area contributed by atoms with Gasteiger partial charge in [-0.15, -0.1) is 0 Å². The van der Waals surface area contributed by atoms with Gasteiger partial charge in [0, 0.05) is 19.0 Å². The van der Waals surface area contributed by atoms with Gasteiger partial charge in [0.05, 0.1) is 4.90 Å². The smallest absolute Gasteiger partial charge is 0.423 e. The van der Waals surface area contributed by atoms with Crippen molar-refractivity contribution in [3.05, 3.63) is 96.1 Å². The van der Waals surface area contributed by atoms with Crippen LogP contribution in [0, 0.1) is 0 Å². The fourth-order valence-electron chi connectivity index (χ4n) is 4.28. The number of hydrogen-bond acceptors (Lipinski definition) is 9. The molecule has 0 saturated carbocycles. The van der Waals surface area contributed by atoms with Crippen LogP contribution in [0.4, 0.5) is 4.79 Å². The van der Waals surface area contributed by atoms with E-state index < -0.39 is 41.1 Å². The van der Waals surface area contributed by atoms with Crippen molar-refractivity contribution in [2.45, 2.75) is 36.1 Å². The molecule has 0 aromatic heterocycles. The van der Waals surface area contributed by atoms with Gasteiger partial charge in [-0.2, -0.15) is 5.26 Å². The van der Waals surface area contributed by atoms with E-state index in [1.54, 1.807) is 0 Å². The number of nitrogens with one attached hydrogen (secondary N) is 2. The highest BCUT2D eigenvalue weighted by molar-refractivity contribution is 7.89. The summed E-state index contributed by atoms with van der Waals surface area (Å²) in [6.45, 7) is 0.00186. The molecular weight excluding hydrogens is 553 g/mol. The maximum atomic E-state index is 13.3. The Kier molecular flexibility index (Phi) is 11.8. The molecule has 6 N–H and O–H groups in total. The molecule has 12 nitrogen and oxygen atoms in total. The quantitative estimate of drug-likeness (QED) is 0.0705. The van der Waals surface area contributed by atoms with E-state index in [0.29, 0.717) is 12.8 Å². The molecule has 0 saturated heterocycles. The molecule has 0 bridgehead atoms. The summed E-state index contributed by atoms with van der Waals surface area (Å²) in [6, 6.07) is 21.8. The van der Waals surface area contributed by atoms with Gasteiger partial charge in [0.2, 0.25) is 5.91 Å². The summed E-state index contributed by atoms with van der Waals surface area (Å²) in [5.74, 6) is -1.12. The van der Waals surface area contributed by atoms with Crippen molar-refractivity contribution in [3.8, 4) is 0 Å². The van der Waals surface area contributed by atoms with E-state index in [2.05, 4.69) is 15.5 Å². The molecule has 0 fully saturated rings. The number of sulfonamides is 1. The van der Waals surface area contributed by atoms with Crippen LogP contribution in [0.3, 0.4) is 0 Å². The van der Waals surface area contributed by atoms with Gasteiger partial charge in [0.15, 0.2) is 0 Å². The maximum Gasteiger partial charge on any atom is 0.488 e. The number of carbonyl (C=O) groups excluding carboxylic acids is 2. The van der Waals surface area contributed by atoms with Gasteiger partial charge in [-0.3, -0.25) is 14.9 Å². The van der Waals surface area contributed by atoms with Crippen molar-refractivity contribution in [2.24, 2.45) is 0 Å². The zero-order valence-electron chi connectivity index (χ0n) is 22.0. The van der Waals surface area contributed by atoms with Gasteiger partial charge in [-0.25, -0.2) is 13.2 Å². The van der Waals surface area contributed by atoms with E-state index >= 15 is 0 Å². The summed E-state index contributed by atoms with van der Waals surface area (Å²) in [4.78, 5) is 28.8. The van der Waals surface area contributed by atoms with Crippen molar-refractivity contribution in [2.75, 3.05) is 13.1 Å². The number of benzene rings is 3. The first-order chi connectivity index (χ1) is 19.6. The molecule has 0 spiro atoms. The highest BCUT2D eigenvalue weighted by Crippen LogP contribution is 2.28. The van der Waals surface area contributed by atoms with E-state index in [-0.39, 0.29) is 34.3 Å². The van der Waals surface area contributed by atoms with Crippen LogP contribution in [0.5, 0.6) is 0 Å². The summed E-state index contributed by atoms with van der Waals surface area (Å²) in [6.07, 6.45) is 0.00336. The van der Waals surface area contributed by atoms with Crippen molar-refractivity contribution in [1.29, 1.82) is 0 Å². The molecule has 3 rings (SSSR count). The zero-order valence-corrected chi connectivity index (χ0v) is 22.9. The fourth-order valence-corrected chi connectivity index (χ4v) is 5.37. The molecule has 218 valence electrons. The lowest BCUT2D eigenvalue weighted by Crippen LogP contribution is -2.50. The Bertz CT molecular complexity index is 1320. The summed E-state index contributed by atoms with van der Waals surface area (Å²) in [5, 5.41) is 42.4. The number of hydrogen-bond donors (Lipinski definition) is 6. The van der Waals surface area contributed by atoms with E-state index in [1.807, 2.05) is 60.7 Å². The minimum atomic E-state index is -4.19. The first-order valence-electron chi connectivity index (χ1n) is 12.8. The van der Waals surface area contributed by atoms with Gasteiger partial charge in [-0.05, 0) is 41.6 Å². The Morgan fingerprint density at radius 1 is 0.854 bits per heavy atom. The number of nitrogens with zero attached hydrogens (tertiary/aromatic N) is 1. The second-order valence-corrected chi connectivity index (χ2v) is 11.0. The molecule has 41 heavy (non-hydrogen) atoms. The van der Waals surface area contributed by atoms with Crippen molar-refractivity contribution in [1.82, 2.24) is 15.1 Å². The Balaban J connectivity index is 1.57. The predicted octanol–water partition coefficient (Wildman–Crippen LogP) is 1.43.